The maximum absolute atomic E-state index is 2.44. The molecule has 3 unspecified atom stereocenters. The van der Waals surface area contributed by atoms with Crippen molar-refractivity contribution < 1.29 is 0 Å². The van der Waals surface area contributed by atoms with Crippen LogP contribution in [0, 0.1) is 11.8 Å². The monoisotopic (exact) mass is 200 g/mol. The van der Waals surface area contributed by atoms with Crippen molar-refractivity contribution in [1.29, 1.82) is 0 Å². The van der Waals surface area contributed by atoms with Crippen molar-refractivity contribution in [3.8, 4) is 0 Å². The molecule has 0 amide bonds. The summed E-state index contributed by atoms with van der Waals surface area (Å²) in [5.74, 6) is 3.34. The van der Waals surface area contributed by atoms with Gasteiger partial charge in [-0.1, -0.05) is 33.6 Å². The molecule has 0 aromatic rings. The molecule has 0 aromatic heterocycles. The minimum absolute atomic E-state index is 0.968. The van der Waals surface area contributed by atoms with Crippen LogP contribution in [0.4, 0.5) is 0 Å². The van der Waals surface area contributed by atoms with E-state index in [1.807, 2.05) is 0 Å². The normalized spacial score (nSPS) is 34.8. The maximum atomic E-state index is 2.44. The first-order valence-corrected chi connectivity index (χ1v) is 6.90. The van der Waals surface area contributed by atoms with E-state index >= 15 is 0 Å². The lowest BCUT2D eigenvalue weighted by Gasteiger charge is -2.32. The van der Waals surface area contributed by atoms with Gasteiger partial charge >= 0.3 is 0 Å². The van der Waals surface area contributed by atoms with Crippen LogP contribution >= 0.6 is 11.8 Å². The van der Waals surface area contributed by atoms with Crippen molar-refractivity contribution in [2.45, 2.75) is 58.1 Å². The van der Waals surface area contributed by atoms with E-state index in [-0.39, 0.29) is 0 Å². The molecule has 1 saturated carbocycles. The fourth-order valence-corrected chi connectivity index (χ4v) is 3.78. The van der Waals surface area contributed by atoms with E-state index in [0.29, 0.717) is 0 Å². The molecule has 0 spiro atoms. The highest BCUT2D eigenvalue weighted by Crippen LogP contribution is 2.36. The van der Waals surface area contributed by atoms with Gasteiger partial charge in [-0.15, -0.1) is 0 Å². The standard InChI is InChI=1S/C12H24S/c1-4-5-8-13-12-9-10(2)6-7-11(12)3/h10-12H,4-9H2,1-3H3. The van der Waals surface area contributed by atoms with E-state index in [1.165, 1.54) is 37.9 Å². The van der Waals surface area contributed by atoms with Gasteiger partial charge in [0.15, 0.2) is 0 Å². The van der Waals surface area contributed by atoms with Crippen LogP contribution in [-0.4, -0.2) is 11.0 Å². The minimum Gasteiger partial charge on any atom is -0.158 e. The van der Waals surface area contributed by atoms with Crippen molar-refractivity contribution in [2.24, 2.45) is 11.8 Å². The summed E-state index contributed by atoms with van der Waals surface area (Å²) in [7, 11) is 0. The van der Waals surface area contributed by atoms with Crippen molar-refractivity contribution in [3.63, 3.8) is 0 Å². The minimum atomic E-state index is 0.968. The molecular formula is C12H24S. The zero-order valence-electron chi connectivity index (χ0n) is 9.38. The first-order valence-electron chi connectivity index (χ1n) is 5.85. The first kappa shape index (κ1) is 11.4. The Kier molecular flexibility index (Phi) is 5.23. The average Bonchev–Trinajstić information content (AvgIpc) is 2.11. The van der Waals surface area contributed by atoms with Gasteiger partial charge < -0.3 is 0 Å². The van der Waals surface area contributed by atoms with Crippen molar-refractivity contribution in [1.82, 2.24) is 0 Å². The fourth-order valence-electron chi connectivity index (χ4n) is 2.09. The summed E-state index contributed by atoms with van der Waals surface area (Å²) in [4.78, 5) is 0. The van der Waals surface area contributed by atoms with Crippen LogP contribution in [-0.2, 0) is 0 Å². The van der Waals surface area contributed by atoms with E-state index in [0.717, 1.165) is 17.1 Å². The van der Waals surface area contributed by atoms with Gasteiger partial charge in [-0.2, -0.15) is 11.8 Å². The molecule has 78 valence electrons. The third-order valence-electron chi connectivity index (χ3n) is 3.21. The summed E-state index contributed by atoms with van der Waals surface area (Å²) in [6.07, 6.45) is 7.15. The van der Waals surface area contributed by atoms with Gasteiger partial charge in [0.1, 0.15) is 0 Å². The van der Waals surface area contributed by atoms with E-state index in [9.17, 15) is 0 Å². The number of hydrogen-bond acceptors (Lipinski definition) is 1. The Morgan fingerprint density at radius 2 is 2.00 bits per heavy atom. The highest BCUT2D eigenvalue weighted by molar-refractivity contribution is 7.99. The van der Waals surface area contributed by atoms with Crippen LogP contribution in [0.15, 0.2) is 0 Å². The van der Waals surface area contributed by atoms with Crippen LogP contribution in [0.2, 0.25) is 0 Å². The molecule has 1 fully saturated rings. The molecular weight excluding hydrogens is 176 g/mol. The summed E-state index contributed by atoms with van der Waals surface area (Å²) in [6, 6.07) is 0. The molecule has 0 saturated heterocycles. The molecule has 1 rings (SSSR count). The van der Waals surface area contributed by atoms with Gasteiger partial charge in [0.05, 0.1) is 0 Å². The van der Waals surface area contributed by atoms with Gasteiger partial charge in [-0.25, -0.2) is 0 Å². The summed E-state index contributed by atoms with van der Waals surface area (Å²) in [5, 5.41) is 0.968. The Labute approximate surface area is 87.9 Å². The highest BCUT2D eigenvalue weighted by atomic mass is 32.2. The first-order chi connectivity index (χ1) is 6.24. The summed E-state index contributed by atoms with van der Waals surface area (Å²) in [6.45, 7) is 7.14. The Balaban J connectivity index is 2.21. The van der Waals surface area contributed by atoms with Gasteiger partial charge in [0.2, 0.25) is 0 Å². The Morgan fingerprint density at radius 3 is 2.69 bits per heavy atom. The zero-order chi connectivity index (χ0) is 9.68. The van der Waals surface area contributed by atoms with Crippen molar-refractivity contribution in [3.05, 3.63) is 0 Å². The van der Waals surface area contributed by atoms with Crippen LogP contribution in [0.25, 0.3) is 0 Å². The van der Waals surface area contributed by atoms with Gasteiger partial charge in [0, 0.05) is 5.25 Å². The van der Waals surface area contributed by atoms with Gasteiger partial charge in [0.25, 0.3) is 0 Å². The quantitative estimate of drug-likeness (QED) is 0.608. The fraction of sp³-hybridized carbons (Fsp3) is 1.00. The van der Waals surface area contributed by atoms with Crippen LogP contribution < -0.4 is 0 Å². The third kappa shape index (κ3) is 3.93. The highest BCUT2D eigenvalue weighted by Gasteiger charge is 2.25. The van der Waals surface area contributed by atoms with Crippen molar-refractivity contribution in [2.75, 3.05) is 5.75 Å². The summed E-state index contributed by atoms with van der Waals surface area (Å²) in [5.41, 5.74) is 0. The van der Waals surface area contributed by atoms with Crippen molar-refractivity contribution >= 4 is 11.8 Å². The molecule has 1 heteroatoms. The lowest BCUT2D eigenvalue weighted by atomic mass is 9.84. The van der Waals surface area contributed by atoms with E-state index in [4.69, 9.17) is 0 Å². The molecule has 0 nitrogen and oxygen atoms in total. The molecule has 0 N–H and O–H groups in total. The zero-order valence-corrected chi connectivity index (χ0v) is 10.2. The van der Waals surface area contributed by atoms with Crippen LogP contribution in [0.3, 0.4) is 0 Å². The Bertz CT molecular complexity index is 133. The second-order valence-electron chi connectivity index (χ2n) is 4.66. The SMILES string of the molecule is CCCCSC1CC(C)CCC1C. The summed E-state index contributed by atoms with van der Waals surface area (Å²) >= 11 is 2.23. The van der Waals surface area contributed by atoms with Crippen LogP contribution in [0.5, 0.6) is 0 Å². The smallest absolute Gasteiger partial charge is 0.00752 e. The Hall–Kier alpha value is 0.350. The number of unbranched alkanes of at least 4 members (excludes halogenated alkanes) is 1. The molecule has 0 bridgehead atoms. The predicted octanol–water partition coefficient (Wildman–Crippen LogP) is 4.34. The summed E-state index contributed by atoms with van der Waals surface area (Å²) < 4.78 is 0. The molecule has 0 heterocycles. The maximum Gasteiger partial charge on any atom is 0.00752 e. The lowest BCUT2D eigenvalue weighted by Crippen LogP contribution is -2.24. The second kappa shape index (κ2) is 5.95. The average molecular weight is 200 g/mol. The predicted molar refractivity (Wildman–Crippen MR) is 63.3 cm³/mol. The van der Waals surface area contributed by atoms with E-state index in [1.54, 1.807) is 0 Å². The molecule has 0 radical (unpaired) electrons. The van der Waals surface area contributed by atoms with Gasteiger partial charge in [-0.05, 0) is 36.9 Å². The number of hydrogen-bond donors (Lipinski definition) is 0. The topological polar surface area (TPSA) is 0 Å². The van der Waals surface area contributed by atoms with Crippen LogP contribution in [0.1, 0.15) is 52.9 Å². The molecule has 3 atom stereocenters. The second-order valence-corrected chi connectivity index (χ2v) is 6.01. The third-order valence-corrected chi connectivity index (χ3v) is 4.82. The Morgan fingerprint density at radius 1 is 1.23 bits per heavy atom. The lowest BCUT2D eigenvalue weighted by molar-refractivity contribution is 0.318. The molecule has 0 aliphatic heterocycles. The molecule has 1 aliphatic rings. The van der Waals surface area contributed by atoms with Gasteiger partial charge in [-0.3, -0.25) is 0 Å². The largest absolute Gasteiger partial charge is 0.158 e. The molecule has 13 heavy (non-hydrogen) atoms. The number of rotatable bonds is 4. The molecule has 0 aromatic carbocycles. The van der Waals surface area contributed by atoms with E-state index in [2.05, 4.69) is 32.5 Å². The number of thioether (sulfide) groups is 1. The molecule has 1 aliphatic carbocycles. The van der Waals surface area contributed by atoms with E-state index < -0.39 is 0 Å².